The van der Waals surface area contributed by atoms with Crippen molar-refractivity contribution in [1.29, 1.82) is 0 Å². The molecule has 0 unspecified atom stereocenters. The van der Waals surface area contributed by atoms with Gasteiger partial charge in [-0.2, -0.15) is 10.1 Å². The summed E-state index contributed by atoms with van der Waals surface area (Å²) in [5.74, 6) is -0.909. The Bertz CT molecular complexity index is 1170. The van der Waals surface area contributed by atoms with Crippen LogP contribution in [0.1, 0.15) is 16.2 Å². The molecule has 0 aliphatic rings. The van der Waals surface area contributed by atoms with E-state index >= 15 is 0 Å². The van der Waals surface area contributed by atoms with Gasteiger partial charge >= 0.3 is 0 Å². The van der Waals surface area contributed by atoms with Gasteiger partial charge in [0.2, 0.25) is 5.88 Å². The lowest BCUT2D eigenvalue weighted by atomic mass is 10.2. The smallest absolute Gasteiger partial charge is 0.261 e. The van der Waals surface area contributed by atoms with Crippen molar-refractivity contribution < 1.29 is 18.3 Å². The van der Waals surface area contributed by atoms with Crippen molar-refractivity contribution in [2.45, 2.75) is 6.92 Å². The van der Waals surface area contributed by atoms with E-state index in [2.05, 4.69) is 20.4 Å². The summed E-state index contributed by atoms with van der Waals surface area (Å²) in [5.41, 5.74) is -0.286. The van der Waals surface area contributed by atoms with Crippen LogP contribution in [-0.2, 0) is 0 Å². The highest BCUT2D eigenvalue weighted by Gasteiger charge is 2.17. The van der Waals surface area contributed by atoms with Crippen LogP contribution >= 0.6 is 0 Å². The van der Waals surface area contributed by atoms with Crippen LogP contribution in [0.4, 0.5) is 14.5 Å². The highest BCUT2D eigenvalue weighted by Crippen LogP contribution is 2.23. The Morgan fingerprint density at radius 1 is 1.03 bits per heavy atom. The van der Waals surface area contributed by atoms with Gasteiger partial charge in [0.25, 0.3) is 5.91 Å². The van der Waals surface area contributed by atoms with E-state index in [0.717, 1.165) is 12.1 Å². The van der Waals surface area contributed by atoms with Crippen molar-refractivity contribution in [1.82, 2.24) is 19.7 Å². The summed E-state index contributed by atoms with van der Waals surface area (Å²) in [6, 6.07) is 12.9. The summed E-state index contributed by atoms with van der Waals surface area (Å²) in [5, 5.41) is 6.59. The molecule has 2 heterocycles. The molecule has 0 atom stereocenters. The number of hydrogen-bond acceptors (Lipinski definition) is 5. The summed E-state index contributed by atoms with van der Waals surface area (Å²) in [7, 11) is 0. The van der Waals surface area contributed by atoms with Gasteiger partial charge in [-0.05, 0) is 49.4 Å². The number of nitrogens with zero attached hydrogens (tertiary/aromatic N) is 4. The molecule has 0 aliphatic carbocycles. The number of carbonyl (C=O) groups is 1. The van der Waals surface area contributed by atoms with Crippen LogP contribution in [0.15, 0.2) is 67.0 Å². The van der Waals surface area contributed by atoms with Crippen LogP contribution in [0.5, 0.6) is 11.6 Å². The van der Waals surface area contributed by atoms with Gasteiger partial charge in [-0.25, -0.2) is 18.4 Å². The van der Waals surface area contributed by atoms with E-state index in [4.69, 9.17) is 4.74 Å². The van der Waals surface area contributed by atoms with Crippen molar-refractivity contribution in [2.24, 2.45) is 0 Å². The highest BCUT2D eigenvalue weighted by molar-refractivity contribution is 6.04. The Kier molecular flexibility index (Phi) is 5.17. The summed E-state index contributed by atoms with van der Waals surface area (Å²) in [6.07, 6.45) is 3.39. The second-order valence-corrected chi connectivity index (χ2v) is 6.24. The van der Waals surface area contributed by atoms with Gasteiger partial charge in [0.15, 0.2) is 5.82 Å². The van der Waals surface area contributed by atoms with Gasteiger partial charge in [-0.3, -0.25) is 4.79 Å². The van der Waals surface area contributed by atoms with E-state index in [1.807, 2.05) is 0 Å². The van der Waals surface area contributed by atoms with E-state index in [9.17, 15) is 13.6 Å². The molecule has 9 heteroatoms. The first-order chi connectivity index (χ1) is 14.5. The Balaban J connectivity index is 1.49. The first-order valence-electron chi connectivity index (χ1n) is 8.88. The molecule has 0 fully saturated rings. The fourth-order valence-corrected chi connectivity index (χ4v) is 2.73. The van der Waals surface area contributed by atoms with Crippen LogP contribution in [0.25, 0.3) is 5.82 Å². The average molecular weight is 407 g/mol. The third-order valence-corrected chi connectivity index (χ3v) is 4.06. The summed E-state index contributed by atoms with van der Waals surface area (Å²) in [6.45, 7) is 1.74. The first kappa shape index (κ1) is 19.2. The van der Waals surface area contributed by atoms with E-state index in [1.54, 1.807) is 60.4 Å². The van der Waals surface area contributed by atoms with Gasteiger partial charge in [-0.15, -0.1) is 0 Å². The van der Waals surface area contributed by atoms with Gasteiger partial charge in [0, 0.05) is 24.1 Å². The number of halogens is 2. The Labute approximate surface area is 170 Å². The van der Waals surface area contributed by atoms with E-state index in [0.29, 0.717) is 29.0 Å². The number of ether oxygens (including phenoxy) is 1. The molecule has 7 nitrogen and oxygen atoms in total. The zero-order valence-electron chi connectivity index (χ0n) is 15.7. The lowest BCUT2D eigenvalue weighted by molar-refractivity contribution is 0.101. The molecule has 150 valence electrons. The van der Waals surface area contributed by atoms with Gasteiger partial charge < -0.3 is 10.1 Å². The van der Waals surface area contributed by atoms with Gasteiger partial charge in [0.1, 0.15) is 28.8 Å². The fourth-order valence-electron chi connectivity index (χ4n) is 2.73. The maximum Gasteiger partial charge on any atom is 0.261 e. The number of rotatable bonds is 5. The topological polar surface area (TPSA) is 81.9 Å². The van der Waals surface area contributed by atoms with Crippen molar-refractivity contribution >= 4 is 11.6 Å². The predicted octanol–water partition coefficient (Wildman–Crippen LogP) is 4.29. The number of carbonyl (C=O) groups excluding carboxylic acids is 1. The van der Waals surface area contributed by atoms with Crippen molar-refractivity contribution in [3.63, 3.8) is 0 Å². The second kappa shape index (κ2) is 8.08. The quantitative estimate of drug-likeness (QED) is 0.534. The zero-order chi connectivity index (χ0) is 21.1. The van der Waals surface area contributed by atoms with Crippen LogP contribution in [0.2, 0.25) is 0 Å². The molecule has 2 aromatic carbocycles. The zero-order valence-corrected chi connectivity index (χ0v) is 15.7. The number of aromatic nitrogens is 4. The molecule has 0 spiro atoms. The minimum atomic E-state index is -0.931. The van der Waals surface area contributed by atoms with Crippen LogP contribution in [-0.4, -0.2) is 25.7 Å². The lowest BCUT2D eigenvalue weighted by Crippen LogP contribution is -2.15. The van der Waals surface area contributed by atoms with E-state index < -0.39 is 23.1 Å². The summed E-state index contributed by atoms with van der Waals surface area (Å²) >= 11 is 0. The van der Waals surface area contributed by atoms with Gasteiger partial charge in [0.05, 0.1) is 0 Å². The van der Waals surface area contributed by atoms with Crippen LogP contribution in [0, 0.1) is 18.6 Å². The molecule has 0 aliphatic heterocycles. The number of aryl methyl sites for hydroxylation is 1. The molecular weight excluding hydrogens is 392 g/mol. The number of amides is 1. The van der Waals surface area contributed by atoms with E-state index in [1.165, 1.54) is 6.07 Å². The molecule has 2 aromatic heterocycles. The molecule has 1 amide bonds. The van der Waals surface area contributed by atoms with E-state index in [-0.39, 0.29) is 0 Å². The monoisotopic (exact) mass is 407 g/mol. The molecule has 0 saturated heterocycles. The second-order valence-electron chi connectivity index (χ2n) is 6.24. The molecular formula is C21H15F2N5O2. The Morgan fingerprint density at radius 2 is 1.77 bits per heavy atom. The molecule has 1 N–H and O–H groups in total. The molecule has 0 radical (unpaired) electrons. The van der Waals surface area contributed by atoms with Gasteiger partial charge in [-0.1, -0.05) is 6.07 Å². The summed E-state index contributed by atoms with van der Waals surface area (Å²) < 4.78 is 34.8. The third-order valence-electron chi connectivity index (χ3n) is 4.06. The largest absolute Gasteiger partial charge is 0.439 e. The SMILES string of the molecule is Cc1nc(Oc2ccc(NC(=O)c3c(F)cccc3F)cc2)cc(-n2cccn2)n1. The number of nitrogens with one attached hydrogen (secondary N) is 1. The van der Waals surface area contributed by atoms with Crippen LogP contribution in [0.3, 0.4) is 0 Å². The molecule has 4 aromatic rings. The lowest BCUT2D eigenvalue weighted by Gasteiger charge is -2.10. The van der Waals surface area contributed by atoms with Crippen molar-refractivity contribution in [3.8, 4) is 17.4 Å². The minimum absolute atomic E-state index is 0.318. The summed E-state index contributed by atoms with van der Waals surface area (Å²) in [4.78, 5) is 20.7. The molecule has 4 rings (SSSR count). The average Bonchev–Trinajstić information content (AvgIpc) is 3.24. The maximum atomic E-state index is 13.7. The normalized spacial score (nSPS) is 10.6. The highest BCUT2D eigenvalue weighted by atomic mass is 19.1. The van der Waals surface area contributed by atoms with Crippen molar-refractivity contribution in [2.75, 3.05) is 5.32 Å². The predicted molar refractivity (Wildman–Crippen MR) is 105 cm³/mol. The molecule has 0 saturated carbocycles. The van der Waals surface area contributed by atoms with Crippen LogP contribution < -0.4 is 10.1 Å². The van der Waals surface area contributed by atoms with Crippen molar-refractivity contribution in [3.05, 3.63) is 90.0 Å². The number of hydrogen-bond donors (Lipinski definition) is 1. The maximum absolute atomic E-state index is 13.7. The standard InChI is InChI=1S/C21H15F2N5O2/c1-13-25-18(28-11-3-10-24-28)12-19(26-13)30-15-8-6-14(7-9-15)27-21(29)20-16(22)4-2-5-17(20)23/h2-12H,1H3,(H,27,29). The Hall–Kier alpha value is -4.14. The fraction of sp³-hybridized carbons (Fsp3) is 0.0476. The third kappa shape index (κ3) is 4.14. The Morgan fingerprint density at radius 3 is 2.43 bits per heavy atom. The number of benzene rings is 2. The minimum Gasteiger partial charge on any atom is -0.439 e. The molecule has 0 bridgehead atoms. The number of anilines is 1. The first-order valence-corrected chi connectivity index (χ1v) is 8.88. The molecule has 30 heavy (non-hydrogen) atoms.